The Labute approximate surface area is 424 Å². The molecule has 0 spiro atoms. The molecule has 0 aliphatic heterocycles. The maximum atomic E-state index is 13.0. The van der Waals surface area contributed by atoms with Crippen LogP contribution >= 0.6 is 7.82 Å². The number of nitrogens with one attached hydrogen (secondary N) is 1. The van der Waals surface area contributed by atoms with Crippen LogP contribution < -0.4 is 10.2 Å². The summed E-state index contributed by atoms with van der Waals surface area (Å²) in [6, 6.07) is -0.882. The second-order valence-electron chi connectivity index (χ2n) is 22.1. The van der Waals surface area contributed by atoms with Gasteiger partial charge in [-0.1, -0.05) is 296 Å². The highest BCUT2D eigenvalue weighted by molar-refractivity contribution is 7.45. The van der Waals surface area contributed by atoms with Crippen LogP contribution in [0.15, 0.2) is 12.2 Å². The van der Waals surface area contributed by atoms with Crippen molar-refractivity contribution in [2.24, 2.45) is 0 Å². The van der Waals surface area contributed by atoms with Crippen LogP contribution in [0.4, 0.5) is 0 Å². The molecular weight excluding hydrogens is 864 g/mol. The molecule has 0 aromatic carbocycles. The summed E-state index contributed by atoms with van der Waals surface area (Å²) in [6.07, 6.45) is 62.9. The molecule has 0 aromatic rings. The van der Waals surface area contributed by atoms with Gasteiger partial charge in [-0.05, 0) is 19.3 Å². The number of nitrogens with zero attached hydrogens (tertiary/aromatic N) is 1. The topological polar surface area (TPSA) is 108 Å². The number of quaternary nitrogens is 1. The van der Waals surface area contributed by atoms with Crippen molar-refractivity contribution in [3.8, 4) is 0 Å². The van der Waals surface area contributed by atoms with Gasteiger partial charge in [-0.25, -0.2) is 0 Å². The lowest BCUT2D eigenvalue weighted by Crippen LogP contribution is -2.45. The van der Waals surface area contributed by atoms with Gasteiger partial charge in [-0.3, -0.25) is 9.36 Å². The molecule has 0 saturated heterocycles. The zero-order valence-electron chi connectivity index (χ0n) is 46.3. The number of amides is 1. The number of carbonyl (C=O) groups is 1. The molecule has 3 unspecified atom stereocenters. The van der Waals surface area contributed by atoms with Crippen molar-refractivity contribution in [2.45, 2.75) is 321 Å². The lowest BCUT2D eigenvalue weighted by molar-refractivity contribution is -0.870. The van der Waals surface area contributed by atoms with Crippen molar-refractivity contribution in [1.82, 2.24) is 5.32 Å². The molecule has 0 heterocycles. The quantitative estimate of drug-likeness (QED) is 0.0272. The van der Waals surface area contributed by atoms with Gasteiger partial charge < -0.3 is 28.8 Å². The summed E-state index contributed by atoms with van der Waals surface area (Å²) < 4.78 is 23.4. The van der Waals surface area contributed by atoms with Crippen LogP contribution in [-0.4, -0.2) is 68.5 Å². The minimum atomic E-state index is -4.59. The predicted octanol–water partition coefficient (Wildman–Crippen LogP) is 17.6. The smallest absolute Gasteiger partial charge is 0.268 e. The molecule has 0 radical (unpaired) electrons. The number of rotatable bonds is 56. The van der Waals surface area contributed by atoms with Crippen LogP contribution in [0.3, 0.4) is 0 Å². The fraction of sp³-hybridized carbons (Fsp3) is 0.949. The molecule has 2 N–H and O–H groups in total. The third kappa shape index (κ3) is 53.0. The van der Waals surface area contributed by atoms with E-state index in [2.05, 4.69) is 19.2 Å². The average Bonchev–Trinajstić information content (AvgIpc) is 3.30. The molecule has 1 amide bonds. The Morgan fingerprint density at radius 1 is 0.500 bits per heavy atom. The number of aliphatic hydroxyl groups excluding tert-OH is 1. The number of carbonyl (C=O) groups excluding carboxylic acids is 1. The van der Waals surface area contributed by atoms with Crippen LogP contribution in [0.2, 0.25) is 0 Å². The van der Waals surface area contributed by atoms with Crippen LogP contribution in [0.25, 0.3) is 0 Å². The lowest BCUT2D eigenvalue weighted by atomic mass is 10.0. The predicted molar refractivity (Wildman–Crippen MR) is 293 cm³/mol. The van der Waals surface area contributed by atoms with Crippen molar-refractivity contribution < 1.29 is 32.9 Å². The number of unbranched alkanes of at least 4 members (excludes halogenated alkanes) is 43. The Kier molecular flexibility index (Phi) is 50.6. The first-order valence-electron chi connectivity index (χ1n) is 30.1. The molecule has 0 aliphatic carbocycles. The first kappa shape index (κ1) is 67.2. The molecule has 68 heavy (non-hydrogen) atoms. The Bertz CT molecular complexity index is 1120. The van der Waals surface area contributed by atoms with Gasteiger partial charge in [0.15, 0.2) is 0 Å². The minimum absolute atomic E-state index is 0.00278. The van der Waals surface area contributed by atoms with Gasteiger partial charge in [0.1, 0.15) is 13.2 Å². The first-order valence-corrected chi connectivity index (χ1v) is 31.5. The van der Waals surface area contributed by atoms with Gasteiger partial charge in [0.05, 0.1) is 39.9 Å². The number of allylic oxidation sites excluding steroid dienone is 1. The zero-order chi connectivity index (χ0) is 49.9. The molecular formula is C59H119N2O6P. The molecule has 3 atom stereocenters. The van der Waals surface area contributed by atoms with E-state index in [0.29, 0.717) is 17.4 Å². The van der Waals surface area contributed by atoms with Gasteiger partial charge in [0.25, 0.3) is 7.82 Å². The van der Waals surface area contributed by atoms with E-state index in [1.54, 1.807) is 6.08 Å². The van der Waals surface area contributed by atoms with Crippen LogP contribution in [0.1, 0.15) is 309 Å². The summed E-state index contributed by atoms with van der Waals surface area (Å²) in [5.41, 5.74) is 0. The zero-order valence-corrected chi connectivity index (χ0v) is 47.2. The summed E-state index contributed by atoms with van der Waals surface area (Å²) in [6.45, 7) is 4.71. The number of phosphoric ester groups is 1. The number of hydrogen-bond acceptors (Lipinski definition) is 6. The van der Waals surface area contributed by atoms with Crippen molar-refractivity contribution in [1.29, 1.82) is 0 Å². The maximum absolute atomic E-state index is 13.0. The summed E-state index contributed by atoms with van der Waals surface area (Å²) in [5, 5.41) is 13.9. The van der Waals surface area contributed by atoms with Crippen LogP contribution in [0, 0.1) is 0 Å². The standard InChI is InChI=1S/C59H119N2O6P/c1-6-8-10-12-14-16-18-20-22-24-26-28-30-31-32-34-36-38-40-42-44-46-48-50-52-58(62)57(56-67-68(64,65)66-55-54-61(3,4)5)60-59(63)53-51-49-47-45-43-41-39-37-35-33-29-27-25-23-21-19-17-15-13-11-9-7-2/h50,52,57-58,62H,6-49,51,53-56H2,1-5H3,(H-,60,63,64,65)/b52-50+. The van der Waals surface area contributed by atoms with Crippen molar-refractivity contribution >= 4 is 13.7 Å². The van der Waals surface area contributed by atoms with E-state index in [1.807, 2.05) is 27.2 Å². The van der Waals surface area contributed by atoms with Crippen LogP contribution in [-0.2, 0) is 18.4 Å². The summed E-state index contributed by atoms with van der Waals surface area (Å²) in [5.74, 6) is -0.189. The lowest BCUT2D eigenvalue weighted by Gasteiger charge is -2.29. The summed E-state index contributed by atoms with van der Waals surface area (Å²) >= 11 is 0. The van der Waals surface area contributed by atoms with Crippen molar-refractivity contribution in [2.75, 3.05) is 40.9 Å². The van der Waals surface area contributed by atoms with E-state index in [1.165, 1.54) is 250 Å². The molecule has 8 nitrogen and oxygen atoms in total. The van der Waals surface area contributed by atoms with Crippen molar-refractivity contribution in [3.05, 3.63) is 12.2 Å². The minimum Gasteiger partial charge on any atom is -0.756 e. The third-order valence-corrected chi connectivity index (χ3v) is 15.0. The van der Waals surface area contributed by atoms with Crippen molar-refractivity contribution in [3.63, 3.8) is 0 Å². The van der Waals surface area contributed by atoms with E-state index >= 15 is 0 Å². The summed E-state index contributed by atoms with van der Waals surface area (Å²) in [4.78, 5) is 25.5. The van der Waals surface area contributed by atoms with Gasteiger partial charge in [-0.15, -0.1) is 0 Å². The molecule has 0 fully saturated rings. The largest absolute Gasteiger partial charge is 0.756 e. The second-order valence-corrected chi connectivity index (χ2v) is 23.5. The van der Waals surface area contributed by atoms with Gasteiger partial charge >= 0.3 is 0 Å². The Balaban J connectivity index is 4.16. The normalized spacial score (nSPS) is 13.9. The maximum Gasteiger partial charge on any atom is 0.268 e. The molecule has 0 aliphatic rings. The van der Waals surface area contributed by atoms with Gasteiger partial charge in [0.2, 0.25) is 5.91 Å². The number of aliphatic hydroxyl groups is 1. The molecule has 9 heteroatoms. The highest BCUT2D eigenvalue weighted by Gasteiger charge is 2.23. The highest BCUT2D eigenvalue weighted by atomic mass is 31.2. The van der Waals surface area contributed by atoms with Gasteiger partial charge in [-0.2, -0.15) is 0 Å². The number of phosphoric acid groups is 1. The first-order chi connectivity index (χ1) is 33.0. The average molecular weight is 984 g/mol. The Morgan fingerprint density at radius 3 is 1.10 bits per heavy atom. The molecule has 0 aromatic heterocycles. The number of hydrogen-bond donors (Lipinski definition) is 2. The van der Waals surface area contributed by atoms with E-state index in [0.717, 1.165) is 38.5 Å². The molecule has 406 valence electrons. The van der Waals surface area contributed by atoms with E-state index < -0.39 is 20.0 Å². The number of likely N-dealkylation sites (N-methyl/N-ethyl adjacent to an activating group) is 1. The SMILES string of the molecule is CCCCCCCCCCCCCCCCCCCCCCCC/C=C/C(O)C(COP(=O)([O-])OCC[N+](C)(C)C)NC(=O)CCCCCCCCCCCCCCCCCCCCCCCC. The monoisotopic (exact) mass is 983 g/mol. The fourth-order valence-corrected chi connectivity index (χ4v) is 10.00. The van der Waals surface area contributed by atoms with Crippen LogP contribution in [0.5, 0.6) is 0 Å². The Hall–Kier alpha value is -0.760. The molecule has 0 rings (SSSR count). The molecule has 0 saturated carbocycles. The fourth-order valence-electron chi connectivity index (χ4n) is 9.27. The van der Waals surface area contributed by atoms with Gasteiger partial charge in [0, 0.05) is 6.42 Å². The third-order valence-electron chi connectivity index (χ3n) is 14.0. The van der Waals surface area contributed by atoms with E-state index in [-0.39, 0.29) is 19.1 Å². The highest BCUT2D eigenvalue weighted by Crippen LogP contribution is 2.38. The summed E-state index contributed by atoms with van der Waals surface area (Å²) in [7, 11) is 1.28. The Morgan fingerprint density at radius 2 is 0.794 bits per heavy atom. The van der Waals surface area contributed by atoms with E-state index in [9.17, 15) is 19.4 Å². The molecule has 0 bridgehead atoms. The second kappa shape index (κ2) is 51.2. The van der Waals surface area contributed by atoms with E-state index in [4.69, 9.17) is 9.05 Å².